The zero-order valence-electron chi connectivity index (χ0n) is 20.9. The topological polar surface area (TPSA) is 120 Å². The van der Waals surface area contributed by atoms with Crippen molar-refractivity contribution in [2.75, 3.05) is 27.3 Å². The van der Waals surface area contributed by atoms with Gasteiger partial charge < -0.3 is 24.2 Å². The maximum atomic E-state index is 13.1. The number of benzene rings is 1. The fourth-order valence-corrected chi connectivity index (χ4v) is 4.23. The van der Waals surface area contributed by atoms with E-state index in [4.69, 9.17) is 14.0 Å². The molecule has 1 N–H and O–H groups in total. The molecule has 10 heteroatoms. The van der Waals surface area contributed by atoms with Crippen molar-refractivity contribution in [3.05, 3.63) is 54.2 Å². The highest BCUT2D eigenvalue weighted by Gasteiger charge is 2.36. The number of ether oxygens (including phenoxy) is 2. The fraction of sp³-hybridized carbons (Fsp3) is 0.423. The number of hydrogen-bond acceptors (Lipinski definition) is 8. The Bertz CT molecular complexity index is 1200. The Morgan fingerprint density at radius 1 is 1.17 bits per heavy atom. The van der Waals surface area contributed by atoms with Crippen molar-refractivity contribution in [1.82, 2.24) is 25.3 Å². The lowest BCUT2D eigenvalue weighted by Gasteiger charge is -2.21. The highest BCUT2D eigenvalue weighted by molar-refractivity contribution is 5.89. The third-order valence-corrected chi connectivity index (χ3v) is 6.31. The average molecular weight is 494 g/mol. The first-order chi connectivity index (χ1) is 17.4. The average Bonchev–Trinajstić information content (AvgIpc) is 3.53. The Morgan fingerprint density at radius 2 is 1.92 bits per heavy atom. The largest absolute Gasteiger partial charge is 0.493 e. The summed E-state index contributed by atoms with van der Waals surface area (Å²) in [6.45, 7) is 4.83. The number of aromatic nitrogens is 3. The second-order valence-electron chi connectivity index (χ2n) is 9.10. The molecular weight excluding hydrogens is 462 g/mol. The fourth-order valence-electron chi connectivity index (χ4n) is 4.23. The molecule has 190 valence electrons. The molecule has 0 aliphatic carbocycles. The number of rotatable bonds is 10. The molecule has 1 aromatic carbocycles. The Morgan fingerprint density at radius 3 is 2.61 bits per heavy atom. The van der Waals surface area contributed by atoms with Crippen molar-refractivity contribution in [1.29, 1.82) is 0 Å². The van der Waals surface area contributed by atoms with E-state index in [0.717, 1.165) is 11.1 Å². The van der Waals surface area contributed by atoms with Crippen LogP contribution in [0.1, 0.15) is 37.8 Å². The predicted molar refractivity (Wildman–Crippen MR) is 131 cm³/mol. The molecule has 3 aromatic rings. The van der Waals surface area contributed by atoms with Gasteiger partial charge in [0.05, 0.1) is 20.1 Å². The highest BCUT2D eigenvalue weighted by atomic mass is 16.5. The van der Waals surface area contributed by atoms with E-state index in [1.807, 2.05) is 32.0 Å². The summed E-state index contributed by atoms with van der Waals surface area (Å²) in [6, 6.07) is 8.82. The Hall–Kier alpha value is -3.95. The summed E-state index contributed by atoms with van der Waals surface area (Å²) in [7, 11) is 3.18. The molecule has 2 aromatic heterocycles. The first kappa shape index (κ1) is 25.2. The van der Waals surface area contributed by atoms with E-state index in [2.05, 4.69) is 20.4 Å². The zero-order valence-corrected chi connectivity index (χ0v) is 20.9. The molecule has 36 heavy (non-hydrogen) atoms. The van der Waals surface area contributed by atoms with Crippen LogP contribution in [-0.2, 0) is 16.0 Å². The molecular formula is C26H31N5O5. The number of nitrogens with zero attached hydrogens (tertiary/aromatic N) is 4. The maximum Gasteiger partial charge on any atom is 0.249 e. The molecule has 2 amide bonds. The molecule has 4 rings (SSSR count). The summed E-state index contributed by atoms with van der Waals surface area (Å²) < 4.78 is 16.1. The van der Waals surface area contributed by atoms with Crippen LogP contribution in [0.25, 0.3) is 11.4 Å². The van der Waals surface area contributed by atoms with E-state index >= 15 is 0 Å². The lowest BCUT2D eigenvalue weighted by atomic mass is 10.0. The number of carbonyl (C=O) groups is 2. The number of amides is 2. The molecule has 1 aliphatic heterocycles. The van der Waals surface area contributed by atoms with Gasteiger partial charge in [-0.3, -0.25) is 14.6 Å². The van der Waals surface area contributed by atoms with Gasteiger partial charge >= 0.3 is 0 Å². The van der Waals surface area contributed by atoms with Gasteiger partial charge in [0, 0.05) is 37.5 Å². The van der Waals surface area contributed by atoms with E-state index < -0.39 is 12.0 Å². The Kier molecular flexibility index (Phi) is 7.82. The SMILES string of the molecule is COc1ccc(CCN2CC(C(=O)NC(c3nc(-c4ccncc4)no3)C(C)C)CC2=O)cc1OC. The van der Waals surface area contributed by atoms with Crippen molar-refractivity contribution in [3.8, 4) is 22.9 Å². The van der Waals surface area contributed by atoms with Gasteiger partial charge in [0.25, 0.3) is 0 Å². The summed E-state index contributed by atoms with van der Waals surface area (Å²) in [4.78, 5) is 36.0. The summed E-state index contributed by atoms with van der Waals surface area (Å²) in [5, 5.41) is 7.08. The lowest BCUT2D eigenvalue weighted by molar-refractivity contribution is -0.129. The number of nitrogens with one attached hydrogen (secondary N) is 1. The van der Waals surface area contributed by atoms with Crippen molar-refractivity contribution < 1.29 is 23.6 Å². The molecule has 0 radical (unpaired) electrons. The van der Waals surface area contributed by atoms with Gasteiger partial charge in [-0.05, 0) is 42.2 Å². The molecule has 1 aliphatic rings. The minimum Gasteiger partial charge on any atom is -0.493 e. The first-order valence-corrected chi connectivity index (χ1v) is 11.9. The van der Waals surface area contributed by atoms with Gasteiger partial charge in [-0.1, -0.05) is 25.1 Å². The van der Waals surface area contributed by atoms with Crippen molar-refractivity contribution in [2.24, 2.45) is 11.8 Å². The van der Waals surface area contributed by atoms with Gasteiger partial charge in [-0.25, -0.2) is 0 Å². The molecule has 1 fully saturated rings. The summed E-state index contributed by atoms with van der Waals surface area (Å²) in [5.41, 5.74) is 1.80. The molecule has 0 spiro atoms. The van der Waals surface area contributed by atoms with E-state index in [1.54, 1.807) is 43.6 Å². The number of hydrogen-bond donors (Lipinski definition) is 1. The van der Waals surface area contributed by atoms with Crippen LogP contribution < -0.4 is 14.8 Å². The smallest absolute Gasteiger partial charge is 0.249 e. The van der Waals surface area contributed by atoms with Gasteiger partial charge in [-0.2, -0.15) is 4.98 Å². The monoisotopic (exact) mass is 493 g/mol. The molecule has 10 nitrogen and oxygen atoms in total. The normalized spacial score (nSPS) is 16.3. The van der Waals surface area contributed by atoms with Crippen LogP contribution in [0.15, 0.2) is 47.2 Å². The van der Waals surface area contributed by atoms with Crippen LogP contribution in [0.2, 0.25) is 0 Å². The van der Waals surface area contributed by atoms with Crippen LogP contribution in [0, 0.1) is 11.8 Å². The molecule has 0 saturated carbocycles. The minimum atomic E-state index is -0.462. The maximum absolute atomic E-state index is 13.1. The summed E-state index contributed by atoms with van der Waals surface area (Å²) in [5.74, 6) is 1.42. The van der Waals surface area contributed by atoms with Crippen LogP contribution in [0.5, 0.6) is 11.5 Å². The standard InChI is InChI=1S/C26H31N5O5/c1-16(2)23(26-29-24(30-36-26)18-7-10-27-11-8-18)28-25(33)19-14-22(32)31(15-19)12-9-17-5-6-20(34-3)21(13-17)35-4/h5-8,10-11,13,16,19,23H,9,12,14-15H2,1-4H3,(H,28,33). The summed E-state index contributed by atoms with van der Waals surface area (Å²) >= 11 is 0. The Labute approximate surface area is 210 Å². The molecule has 1 saturated heterocycles. The van der Waals surface area contributed by atoms with Crippen LogP contribution in [-0.4, -0.2) is 59.1 Å². The summed E-state index contributed by atoms with van der Waals surface area (Å²) in [6.07, 6.45) is 4.13. The predicted octanol–water partition coefficient (Wildman–Crippen LogP) is 3.05. The van der Waals surface area contributed by atoms with Crippen molar-refractivity contribution in [2.45, 2.75) is 32.7 Å². The second-order valence-corrected chi connectivity index (χ2v) is 9.10. The second kappa shape index (κ2) is 11.2. The number of pyridine rings is 1. The molecule has 0 bridgehead atoms. The molecule has 2 unspecified atom stereocenters. The van der Waals surface area contributed by atoms with Crippen molar-refractivity contribution in [3.63, 3.8) is 0 Å². The van der Waals surface area contributed by atoms with E-state index in [-0.39, 0.29) is 24.2 Å². The zero-order chi connectivity index (χ0) is 25.7. The molecule has 3 heterocycles. The number of methoxy groups -OCH3 is 2. The first-order valence-electron chi connectivity index (χ1n) is 11.9. The van der Waals surface area contributed by atoms with Gasteiger partial charge in [0.1, 0.15) is 6.04 Å². The van der Waals surface area contributed by atoms with E-state index in [0.29, 0.717) is 42.7 Å². The third-order valence-electron chi connectivity index (χ3n) is 6.31. The minimum absolute atomic E-state index is 0.0120. The third kappa shape index (κ3) is 5.64. The Balaban J connectivity index is 1.37. The van der Waals surface area contributed by atoms with Crippen LogP contribution in [0.4, 0.5) is 0 Å². The van der Waals surface area contributed by atoms with Crippen LogP contribution >= 0.6 is 0 Å². The van der Waals surface area contributed by atoms with Gasteiger partial charge in [0.15, 0.2) is 11.5 Å². The highest BCUT2D eigenvalue weighted by Crippen LogP contribution is 2.29. The van der Waals surface area contributed by atoms with Gasteiger partial charge in [0.2, 0.25) is 23.5 Å². The van der Waals surface area contributed by atoms with E-state index in [9.17, 15) is 9.59 Å². The van der Waals surface area contributed by atoms with E-state index in [1.165, 1.54) is 0 Å². The van der Waals surface area contributed by atoms with Crippen molar-refractivity contribution >= 4 is 11.8 Å². The lowest BCUT2D eigenvalue weighted by Crippen LogP contribution is -2.37. The quantitative estimate of drug-likeness (QED) is 0.458. The number of likely N-dealkylation sites (tertiary alicyclic amines) is 1. The molecule has 2 atom stereocenters. The van der Waals surface area contributed by atoms with Gasteiger partial charge in [-0.15, -0.1) is 0 Å². The van der Waals surface area contributed by atoms with Crippen LogP contribution in [0.3, 0.4) is 0 Å². The number of carbonyl (C=O) groups excluding carboxylic acids is 2.